The molecule has 0 saturated carbocycles. The first-order chi connectivity index (χ1) is 12.5. The Morgan fingerprint density at radius 1 is 0.923 bits per heavy atom. The molecule has 0 fully saturated rings. The van der Waals surface area contributed by atoms with E-state index in [1.54, 1.807) is 60.7 Å². The monoisotopic (exact) mass is 358 g/mol. The Bertz CT molecular complexity index is 667. The van der Waals surface area contributed by atoms with E-state index in [-0.39, 0.29) is 12.8 Å². The summed E-state index contributed by atoms with van der Waals surface area (Å²) in [5.74, 6) is -1.54. The highest BCUT2D eigenvalue weighted by Gasteiger charge is 2.38. The summed E-state index contributed by atoms with van der Waals surface area (Å²) in [6.07, 6.45) is -0.454. The second kappa shape index (κ2) is 11.2. The number of Topliss-reactive ketones (excluding diaryl/α,β-unsaturated/α-hetero) is 1. The normalized spacial score (nSPS) is 12.4. The van der Waals surface area contributed by atoms with E-state index >= 15 is 0 Å². The third-order valence-electron chi connectivity index (χ3n) is 3.77. The molecular formula is C21H26O5. The van der Waals surface area contributed by atoms with Gasteiger partial charge in [0.1, 0.15) is 0 Å². The Kier molecular flexibility index (Phi) is 9.26. The average molecular weight is 358 g/mol. The molecule has 2 aromatic rings. The number of aliphatic carboxylic acids is 1. The number of hydrogen-bond donors (Lipinski definition) is 2. The zero-order valence-corrected chi connectivity index (χ0v) is 15.2. The number of carboxylic acids is 1. The summed E-state index contributed by atoms with van der Waals surface area (Å²) in [6, 6.07) is 16.8. The molecule has 5 nitrogen and oxygen atoms in total. The van der Waals surface area contributed by atoms with Crippen LogP contribution in [0.5, 0.6) is 0 Å². The van der Waals surface area contributed by atoms with E-state index < -0.39 is 17.4 Å². The Labute approximate surface area is 154 Å². The first-order valence-corrected chi connectivity index (χ1v) is 8.63. The fourth-order valence-corrected chi connectivity index (χ4v) is 2.42. The van der Waals surface area contributed by atoms with Gasteiger partial charge in [0, 0.05) is 25.2 Å². The van der Waals surface area contributed by atoms with E-state index in [9.17, 15) is 14.7 Å². The number of carbonyl (C=O) groups is 2. The van der Waals surface area contributed by atoms with E-state index in [1.165, 1.54) is 0 Å². The van der Waals surface area contributed by atoms with Gasteiger partial charge in [-0.15, -0.1) is 0 Å². The Balaban J connectivity index is 0.000000597. The van der Waals surface area contributed by atoms with Gasteiger partial charge in [-0.05, 0) is 25.8 Å². The van der Waals surface area contributed by atoms with Gasteiger partial charge in [-0.3, -0.25) is 9.59 Å². The fourth-order valence-electron chi connectivity index (χ4n) is 2.42. The number of hydrogen-bond acceptors (Lipinski definition) is 4. The predicted molar refractivity (Wildman–Crippen MR) is 100 cm³/mol. The van der Waals surface area contributed by atoms with Gasteiger partial charge in [0.25, 0.3) is 0 Å². The van der Waals surface area contributed by atoms with E-state index in [0.717, 1.165) is 13.2 Å². The molecule has 26 heavy (non-hydrogen) atoms. The number of carbonyl (C=O) groups excluding carboxylic acids is 1. The number of ether oxygens (including phenoxy) is 1. The van der Waals surface area contributed by atoms with E-state index in [0.29, 0.717) is 11.1 Å². The van der Waals surface area contributed by atoms with Crippen molar-refractivity contribution < 1.29 is 24.5 Å². The Hall–Kier alpha value is -2.50. The molecule has 1 unspecified atom stereocenters. The van der Waals surface area contributed by atoms with Gasteiger partial charge in [-0.2, -0.15) is 0 Å². The molecule has 0 spiro atoms. The molecule has 0 aliphatic heterocycles. The fraction of sp³-hybridized carbons (Fsp3) is 0.333. The van der Waals surface area contributed by atoms with Crippen LogP contribution >= 0.6 is 0 Å². The summed E-state index contributed by atoms with van der Waals surface area (Å²) in [4.78, 5) is 23.5. The highest BCUT2D eigenvalue weighted by molar-refractivity contribution is 6.03. The molecule has 0 heterocycles. The highest BCUT2D eigenvalue weighted by Crippen LogP contribution is 2.30. The molecule has 0 saturated heterocycles. The van der Waals surface area contributed by atoms with Crippen LogP contribution in [-0.2, 0) is 15.1 Å². The van der Waals surface area contributed by atoms with Crippen LogP contribution in [0.3, 0.4) is 0 Å². The first kappa shape index (κ1) is 21.5. The molecule has 0 bridgehead atoms. The molecular weight excluding hydrogens is 332 g/mol. The van der Waals surface area contributed by atoms with Crippen molar-refractivity contribution in [2.45, 2.75) is 32.3 Å². The summed E-state index contributed by atoms with van der Waals surface area (Å²) in [6.45, 7) is 5.67. The molecule has 0 aliphatic rings. The van der Waals surface area contributed by atoms with Crippen molar-refractivity contribution in [2.24, 2.45) is 0 Å². The van der Waals surface area contributed by atoms with Crippen molar-refractivity contribution >= 4 is 11.8 Å². The lowest BCUT2D eigenvalue weighted by Gasteiger charge is -2.27. The lowest BCUT2D eigenvalue weighted by molar-refractivity contribution is -0.138. The van der Waals surface area contributed by atoms with Crippen LogP contribution < -0.4 is 0 Å². The number of carboxylic acid groups (broad SMARTS) is 1. The van der Waals surface area contributed by atoms with Crippen molar-refractivity contribution in [1.29, 1.82) is 0 Å². The van der Waals surface area contributed by atoms with Gasteiger partial charge < -0.3 is 14.9 Å². The quantitative estimate of drug-likeness (QED) is 0.704. The largest absolute Gasteiger partial charge is 0.481 e. The van der Waals surface area contributed by atoms with Gasteiger partial charge >= 0.3 is 5.97 Å². The van der Waals surface area contributed by atoms with Crippen molar-refractivity contribution in [2.75, 3.05) is 13.2 Å². The Morgan fingerprint density at radius 3 is 1.85 bits per heavy atom. The molecule has 2 N–H and O–H groups in total. The molecule has 1 atom stereocenters. The van der Waals surface area contributed by atoms with Crippen molar-refractivity contribution in [3.8, 4) is 0 Å². The molecule has 2 aromatic carbocycles. The van der Waals surface area contributed by atoms with Gasteiger partial charge in [0.2, 0.25) is 0 Å². The molecule has 0 aliphatic carbocycles. The van der Waals surface area contributed by atoms with Gasteiger partial charge in [0.15, 0.2) is 11.4 Å². The second-order valence-corrected chi connectivity index (χ2v) is 5.60. The summed E-state index contributed by atoms with van der Waals surface area (Å²) >= 11 is 0. The zero-order chi connectivity index (χ0) is 19.4. The molecule has 0 amide bonds. The maximum atomic E-state index is 12.6. The van der Waals surface area contributed by atoms with Crippen LogP contribution in [0.25, 0.3) is 0 Å². The Morgan fingerprint density at radius 2 is 1.42 bits per heavy atom. The number of aliphatic hydroxyl groups is 1. The molecule has 0 radical (unpaired) electrons. The SMILES string of the molecule is CCOCC.O=C(O)CCC(O)(C(=O)c1ccccc1)c1ccccc1. The number of rotatable bonds is 8. The smallest absolute Gasteiger partial charge is 0.303 e. The molecule has 0 aromatic heterocycles. The third kappa shape index (κ3) is 6.43. The average Bonchev–Trinajstić information content (AvgIpc) is 2.68. The van der Waals surface area contributed by atoms with Crippen LogP contribution in [0, 0.1) is 0 Å². The minimum absolute atomic E-state index is 0.167. The van der Waals surface area contributed by atoms with Crippen LogP contribution in [-0.4, -0.2) is 35.2 Å². The van der Waals surface area contributed by atoms with Crippen molar-refractivity contribution in [3.05, 3.63) is 71.8 Å². The lowest BCUT2D eigenvalue weighted by Crippen LogP contribution is -2.36. The van der Waals surface area contributed by atoms with Gasteiger partial charge in [-0.25, -0.2) is 0 Å². The summed E-state index contributed by atoms with van der Waals surface area (Å²) < 4.78 is 4.83. The van der Waals surface area contributed by atoms with Crippen molar-refractivity contribution in [3.63, 3.8) is 0 Å². The summed E-state index contributed by atoms with van der Waals surface area (Å²) in [5.41, 5.74) is -1.07. The number of ketones is 1. The summed E-state index contributed by atoms with van der Waals surface area (Å²) in [5, 5.41) is 19.7. The van der Waals surface area contributed by atoms with Crippen LogP contribution in [0.15, 0.2) is 60.7 Å². The molecule has 140 valence electrons. The van der Waals surface area contributed by atoms with E-state index in [1.807, 2.05) is 13.8 Å². The maximum absolute atomic E-state index is 12.6. The molecule has 5 heteroatoms. The van der Waals surface area contributed by atoms with Crippen LogP contribution in [0.1, 0.15) is 42.6 Å². The molecule has 2 rings (SSSR count). The first-order valence-electron chi connectivity index (χ1n) is 8.63. The lowest BCUT2D eigenvalue weighted by atomic mass is 9.82. The maximum Gasteiger partial charge on any atom is 0.303 e. The van der Waals surface area contributed by atoms with Crippen LogP contribution in [0.2, 0.25) is 0 Å². The van der Waals surface area contributed by atoms with Gasteiger partial charge in [-0.1, -0.05) is 60.7 Å². The minimum Gasteiger partial charge on any atom is -0.481 e. The second-order valence-electron chi connectivity index (χ2n) is 5.60. The van der Waals surface area contributed by atoms with Crippen molar-refractivity contribution in [1.82, 2.24) is 0 Å². The highest BCUT2D eigenvalue weighted by atomic mass is 16.5. The number of benzene rings is 2. The third-order valence-corrected chi connectivity index (χ3v) is 3.77. The summed E-state index contributed by atoms with van der Waals surface area (Å²) in [7, 11) is 0. The van der Waals surface area contributed by atoms with E-state index in [2.05, 4.69) is 0 Å². The standard InChI is InChI=1S/C17H16O4.C4H10O/c18-15(19)11-12-17(21,14-9-5-2-6-10-14)16(20)13-7-3-1-4-8-13;1-3-5-4-2/h1-10,21H,11-12H2,(H,18,19);3-4H2,1-2H3. The topological polar surface area (TPSA) is 83.8 Å². The van der Waals surface area contributed by atoms with Gasteiger partial charge in [0.05, 0.1) is 0 Å². The van der Waals surface area contributed by atoms with Crippen LogP contribution in [0.4, 0.5) is 0 Å². The minimum atomic E-state index is -1.83. The zero-order valence-electron chi connectivity index (χ0n) is 15.2. The van der Waals surface area contributed by atoms with E-state index in [4.69, 9.17) is 9.84 Å². The predicted octanol–water partition coefficient (Wildman–Crippen LogP) is 3.66.